The number of nitrogens with one attached hydrogen (secondary N) is 1. The Balaban J connectivity index is 1.46. The molecule has 7 heteroatoms. The molecule has 1 aliphatic heterocycles. The molecule has 6 nitrogen and oxygen atoms in total. The summed E-state index contributed by atoms with van der Waals surface area (Å²) in [5, 5.41) is 14.9. The van der Waals surface area contributed by atoms with Crippen LogP contribution in [0.4, 0.5) is 16.6 Å². The van der Waals surface area contributed by atoms with Crippen LogP contribution < -0.4 is 10.2 Å². The fourth-order valence-electron chi connectivity index (χ4n) is 2.95. The van der Waals surface area contributed by atoms with Gasteiger partial charge in [0.25, 0.3) is 0 Å². The molecular weight excluding hydrogens is 348 g/mol. The first kappa shape index (κ1) is 16.5. The maximum atomic E-state index is 10.9. The van der Waals surface area contributed by atoms with Crippen molar-refractivity contribution in [3.8, 4) is 11.3 Å². The molecule has 4 rings (SSSR count). The highest BCUT2D eigenvalue weighted by Crippen LogP contribution is 2.28. The van der Waals surface area contributed by atoms with Gasteiger partial charge < -0.3 is 15.3 Å². The Hall–Kier alpha value is -2.93. The van der Waals surface area contributed by atoms with Gasteiger partial charge in [-0.1, -0.05) is 0 Å². The van der Waals surface area contributed by atoms with E-state index in [1.165, 1.54) is 24.2 Å². The van der Waals surface area contributed by atoms with Crippen molar-refractivity contribution in [2.75, 3.05) is 23.3 Å². The zero-order valence-electron chi connectivity index (χ0n) is 14.1. The van der Waals surface area contributed by atoms with Gasteiger partial charge in [-0.05, 0) is 49.2 Å². The van der Waals surface area contributed by atoms with Gasteiger partial charge >= 0.3 is 5.97 Å². The maximum absolute atomic E-state index is 10.9. The molecule has 2 N–H and O–H groups in total. The van der Waals surface area contributed by atoms with Crippen LogP contribution >= 0.6 is 11.3 Å². The zero-order chi connectivity index (χ0) is 17.9. The average molecular weight is 366 g/mol. The van der Waals surface area contributed by atoms with Gasteiger partial charge in [0.1, 0.15) is 5.82 Å². The van der Waals surface area contributed by atoms with E-state index in [0.717, 1.165) is 41.0 Å². The van der Waals surface area contributed by atoms with E-state index in [2.05, 4.69) is 32.3 Å². The van der Waals surface area contributed by atoms with Crippen molar-refractivity contribution in [1.29, 1.82) is 0 Å². The summed E-state index contributed by atoms with van der Waals surface area (Å²) in [6, 6.07) is 10.7. The van der Waals surface area contributed by atoms with E-state index in [1.807, 2.05) is 11.6 Å². The van der Waals surface area contributed by atoms with Crippen molar-refractivity contribution >= 4 is 33.9 Å². The second kappa shape index (κ2) is 7.13. The van der Waals surface area contributed by atoms with Crippen molar-refractivity contribution in [3.05, 3.63) is 53.5 Å². The molecule has 2 aromatic heterocycles. The molecular formula is C19H18N4O2S. The summed E-state index contributed by atoms with van der Waals surface area (Å²) in [5.74, 6) is 0.0938. The van der Waals surface area contributed by atoms with E-state index in [9.17, 15) is 4.79 Å². The van der Waals surface area contributed by atoms with Crippen molar-refractivity contribution in [2.45, 2.75) is 12.8 Å². The summed E-state index contributed by atoms with van der Waals surface area (Å²) in [7, 11) is 0. The number of anilines is 3. The molecule has 0 amide bonds. The summed E-state index contributed by atoms with van der Waals surface area (Å²) < 4.78 is 0. The minimum Gasteiger partial charge on any atom is -0.478 e. The Kier molecular flexibility index (Phi) is 4.53. The van der Waals surface area contributed by atoms with Crippen molar-refractivity contribution in [1.82, 2.24) is 9.97 Å². The minimum absolute atomic E-state index is 0.263. The lowest BCUT2D eigenvalue weighted by atomic mass is 10.2. The molecule has 0 saturated carbocycles. The summed E-state index contributed by atoms with van der Waals surface area (Å²) in [5.41, 5.74) is 2.93. The molecule has 1 fully saturated rings. The van der Waals surface area contributed by atoms with Gasteiger partial charge in [-0.25, -0.2) is 14.8 Å². The number of aromatic nitrogens is 2. The van der Waals surface area contributed by atoms with Crippen molar-refractivity contribution < 1.29 is 9.90 Å². The van der Waals surface area contributed by atoms with Crippen LogP contribution in [-0.4, -0.2) is 34.1 Å². The summed E-state index contributed by atoms with van der Waals surface area (Å²) in [4.78, 5) is 22.4. The number of carboxylic acid groups (broad SMARTS) is 1. The highest BCUT2D eigenvalue weighted by atomic mass is 32.1. The summed E-state index contributed by atoms with van der Waals surface area (Å²) >= 11 is 1.50. The molecule has 0 spiro atoms. The molecule has 26 heavy (non-hydrogen) atoms. The van der Waals surface area contributed by atoms with Crippen LogP contribution in [-0.2, 0) is 0 Å². The van der Waals surface area contributed by atoms with Gasteiger partial charge in [-0.15, -0.1) is 11.3 Å². The first-order valence-corrected chi connectivity index (χ1v) is 9.34. The molecule has 1 aliphatic rings. The Morgan fingerprint density at radius 3 is 2.54 bits per heavy atom. The number of carboxylic acids is 1. The van der Waals surface area contributed by atoms with E-state index in [-0.39, 0.29) is 5.56 Å². The predicted octanol–water partition coefficient (Wildman–Crippen LogP) is 4.25. The third-order valence-corrected chi connectivity index (χ3v) is 5.12. The van der Waals surface area contributed by atoms with E-state index < -0.39 is 5.97 Å². The number of pyridine rings is 1. The Morgan fingerprint density at radius 1 is 1.12 bits per heavy atom. The molecule has 132 valence electrons. The van der Waals surface area contributed by atoms with Crippen LogP contribution in [0.5, 0.6) is 0 Å². The fourth-order valence-corrected chi connectivity index (χ4v) is 3.69. The highest BCUT2D eigenvalue weighted by Gasteiger charge is 2.14. The average Bonchev–Trinajstić information content (AvgIpc) is 3.34. The molecule has 3 heterocycles. The van der Waals surface area contributed by atoms with E-state index in [4.69, 9.17) is 5.11 Å². The second-order valence-electron chi connectivity index (χ2n) is 6.14. The fraction of sp³-hybridized carbons (Fsp3) is 0.211. The lowest BCUT2D eigenvalue weighted by molar-refractivity contribution is 0.0697. The lowest BCUT2D eigenvalue weighted by Gasteiger charge is -2.15. The van der Waals surface area contributed by atoms with Crippen LogP contribution in [0.2, 0.25) is 0 Å². The number of hydrogen-bond acceptors (Lipinski definition) is 6. The van der Waals surface area contributed by atoms with E-state index in [0.29, 0.717) is 0 Å². The molecule has 0 atom stereocenters. The quantitative estimate of drug-likeness (QED) is 0.703. The molecule has 3 aromatic rings. The second-order valence-corrected chi connectivity index (χ2v) is 7.00. The maximum Gasteiger partial charge on any atom is 0.335 e. The number of rotatable bonds is 5. The van der Waals surface area contributed by atoms with Gasteiger partial charge in [0.05, 0.1) is 11.3 Å². The Morgan fingerprint density at radius 2 is 1.88 bits per heavy atom. The van der Waals surface area contributed by atoms with Crippen LogP contribution in [0.25, 0.3) is 11.3 Å². The number of nitrogens with zero attached hydrogens (tertiary/aromatic N) is 3. The first-order chi connectivity index (χ1) is 12.7. The van der Waals surface area contributed by atoms with Crippen LogP contribution in [0.15, 0.2) is 48.0 Å². The topological polar surface area (TPSA) is 78.3 Å². The molecule has 0 bridgehead atoms. The monoisotopic (exact) mass is 366 g/mol. The van der Waals surface area contributed by atoms with Crippen molar-refractivity contribution in [3.63, 3.8) is 0 Å². The van der Waals surface area contributed by atoms with Crippen LogP contribution in [0.3, 0.4) is 0 Å². The third-order valence-electron chi connectivity index (χ3n) is 4.36. The smallest absolute Gasteiger partial charge is 0.335 e. The predicted molar refractivity (Wildman–Crippen MR) is 103 cm³/mol. The number of carbonyl (C=O) groups is 1. The molecule has 0 aliphatic carbocycles. The van der Waals surface area contributed by atoms with Gasteiger partial charge in [0, 0.05) is 35.9 Å². The first-order valence-electron chi connectivity index (χ1n) is 8.46. The zero-order valence-corrected chi connectivity index (χ0v) is 14.9. The van der Waals surface area contributed by atoms with E-state index in [1.54, 1.807) is 24.3 Å². The third kappa shape index (κ3) is 3.52. The number of hydrogen-bond donors (Lipinski definition) is 2. The molecule has 1 saturated heterocycles. The summed E-state index contributed by atoms with van der Waals surface area (Å²) in [6.07, 6.45) is 4.34. The standard InChI is InChI=1S/C19H18N4O2S/c24-18(25)13-3-6-15(7-4-13)21-19-22-16(12-26-19)14-5-8-17(20-11-14)23-9-1-2-10-23/h3-8,11-12H,1-2,9-10H2,(H,21,22)(H,24,25). The largest absolute Gasteiger partial charge is 0.478 e. The van der Waals surface area contributed by atoms with Gasteiger partial charge in [0.15, 0.2) is 5.13 Å². The molecule has 0 radical (unpaired) electrons. The normalized spacial score (nSPS) is 13.8. The van der Waals surface area contributed by atoms with Crippen LogP contribution in [0, 0.1) is 0 Å². The number of aromatic carboxylic acids is 1. The van der Waals surface area contributed by atoms with E-state index >= 15 is 0 Å². The molecule has 1 aromatic carbocycles. The van der Waals surface area contributed by atoms with Crippen LogP contribution in [0.1, 0.15) is 23.2 Å². The van der Waals surface area contributed by atoms with Gasteiger partial charge in [-0.2, -0.15) is 0 Å². The highest BCUT2D eigenvalue weighted by molar-refractivity contribution is 7.14. The Bertz CT molecular complexity index is 900. The SMILES string of the molecule is O=C(O)c1ccc(Nc2nc(-c3ccc(N4CCCC4)nc3)cs2)cc1. The molecule has 0 unspecified atom stereocenters. The number of thiazole rings is 1. The van der Waals surface area contributed by atoms with Crippen molar-refractivity contribution in [2.24, 2.45) is 0 Å². The minimum atomic E-state index is -0.932. The van der Waals surface area contributed by atoms with Gasteiger partial charge in [-0.3, -0.25) is 0 Å². The lowest BCUT2D eigenvalue weighted by Crippen LogP contribution is -2.18. The number of benzene rings is 1. The Labute approximate surface area is 155 Å². The summed E-state index contributed by atoms with van der Waals surface area (Å²) in [6.45, 7) is 2.16. The van der Waals surface area contributed by atoms with Gasteiger partial charge in [0.2, 0.25) is 0 Å².